The Labute approximate surface area is 109 Å². The van der Waals surface area contributed by atoms with E-state index in [1.807, 2.05) is 0 Å². The Bertz CT molecular complexity index is 376. The standard InChI is InChI=1S/C10H9Cl2NO2.ClH/c11-5-1-2-6(12)10-9(5)14-7-3-13-4-8(7)15-10;/h1-2,7-8,13H,3-4H2;1H/t7-,8-;/m0./s1. The highest BCUT2D eigenvalue weighted by atomic mass is 35.5. The predicted molar refractivity (Wildman–Crippen MR) is 65.4 cm³/mol. The average molecular weight is 283 g/mol. The first-order valence-corrected chi connectivity index (χ1v) is 5.53. The molecule has 88 valence electrons. The highest BCUT2D eigenvalue weighted by molar-refractivity contribution is 6.35. The molecule has 0 unspecified atom stereocenters. The van der Waals surface area contributed by atoms with Gasteiger partial charge in [0.15, 0.2) is 11.5 Å². The van der Waals surface area contributed by atoms with Crippen molar-refractivity contribution in [1.29, 1.82) is 0 Å². The summed E-state index contributed by atoms with van der Waals surface area (Å²) in [5, 5.41) is 4.28. The quantitative estimate of drug-likeness (QED) is 0.793. The zero-order valence-corrected chi connectivity index (χ0v) is 10.5. The zero-order chi connectivity index (χ0) is 10.4. The molecule has 0 saturated carbocycles. The minimum Gasteiger partial charge on any atom is -0.480 e. The molecule has 6 heteroatoms. The molecular weight excluding hydrogens is 272 g/mol. The molecule has 1 aromatic rings. The van der Waals surface area contributed by atoms with Crippen molar-refractivity contribution in [2.24, 2.45) is 0 Å². The molecule has 2 aliphatic heterocycles. The molecular formula is C10H10Cl3NO2. The SMILES string of the molecule is Cl.Clc1ccc(Cl)c2c1O[C@H]1CNC[C@@H]1O2. The molecule has 0 amide bonds. The van der Waals surface area contributed by atoms with Crippen molar-refractivity contribution in [1.82, 2.24) is 5.32 Å². The van der Waals surface area contributed by atoms with E-state index in [0.29, 0.717) is 21.5 Å². The lowest BCUT2D eigenvalue weighted by molar-refractivity contribution is 0.0555. The number of benzene rings is 1. The third kappa shape index (κ3) is 1.82. The highest BCUT2D eigenvalue weighted by Gasteiger charge is 2.37. The summed E-state index contributed by atoms with van der Waals surface area (Å²) in [5.41, 5.74) is 0. The maximum absolute atomic E-state index is 6.02. The van der Waals surface area contributed by atoms with E-state index in [1.165, 1.54) is 0 Å². The molecule has 1 fully saturated rings. The van der Waals surface area contributed by atoms with Gasteiger partial charge in [0.1, 0.15) is 12.2 Å². The molecule has 3 nitrogen and oxygen atoms in total. The van der Waals surface area contributed by atoms with Gasteiger partial charge in [0, 0.05) is 13.1 Å². The van der Waals surface area contributed by atoms with Gasteiger partial charge < -0.3 is 14.8 Å². The fraction of sp³-hybridized carbons (Fsp3) is 0.400. The van der Waals surface area contributed by atoms with Crippen LogP contribution in [-0.2, 0) is 0 Å². The van der Waals surface area contributed by atoms with Crippen LogP contribution in [0, 0.1) is 0 Å². The number of hydrogen-bond donors (Lipinski definition) is 1. The van der Waals surface area contributed by atoms with E-state index in [0.717, 1.165) is 13.1 Å². The van der Waals surface area contributed by atoms with Gasteiger partial charge in [0.2, 0.25) is 0 Å². The van der Waals surface area contributed by atoms with Crippen molar-refractivity contribution in [3.63, 3.8) is 0 Å². The summed E-state index contributed by atoms with van der Waals surface area (Å²) in [7, 11) is 0. The topological polar surface area (TPSA) is 30.5 Å². The van der Waals surface area contributed by atoms with Crippen molar-refractivity contribution in [3.05, 3.63) is 22.2 Å². The van der Waals surface area contributed by atoms with E-state index >= 15 is 0 Å². The van der Waals surface area contributed by atoms with Gasteiger partial charge in [-0.3, -0.25) is 0 Å². The average Bonchev–Trinajstić information content (AvgIpc) is 2.69. The Balaban J connectivity index is 0.000000963. The molecule has 0 spiro atoms. The number of halogens is 3. The van der Waals surface area contributed by atoms with Crippen LogP contribution in [0.5, 0.6) is 11.5 Å². The van der Waals surface area contributed by atoms with E-state index < -0.39 is 0 Å². The minimum absolute atomic E-state index is 0. The van der Waals surface area contributed by atoms with Crippen LogP contribution in [0.15, 0.2) is 12.1 Å². The van der Waals surface area contributed by atoms with Gasteiger partial charge in [-0.1, -0.05) is 23.2 Å². The molecule has 2 aliphatic rings. The Morgan fingerprint density at radius 1 is 1.00 bits per heavy atom. The number of fused-ring (bicyclic) bond motifs is 2. The Morgan fingerprint density at radius 2 is 1.44 bits per heavy atom. The fourth-order valence-electron chi connectivity index (χ4n) is 1.90. The lowest BCUT2D eigenvalue weighted by Crippen LogP contribution is -2.38. The second-order valence-electron chi connectivity index (χ2n) is 3.66. The summed E-state index contributed by atoms with van der Waals surface area (Å²) in [4.78, 5) is 0. The van der Waals surface area contributed by atoms with Crippen LogP contribution in [0.2, 0.25) is 10.0 Å². The molecule has 1 saturated heterocycles. The molecule has 0 aliphatic carbocycles. The van der Waals surface area contributed by atoms with Gasteiger partial charge in [-0.15, -0.1) is 12.4 Å². The van der Waals surface area contributed by atoms with Gasteiger partial charge >= 0.3 is 0 Å². The third-order valence-corrected chi connectivity index (χ3v) is 3.26. The van der Waals surface area contributed by atoms with Crippen molar-refractivity contribution >= 4 is 35.6 Å². The van der Waals surface area contributed by atoms with Crippen LogP contribution < -0.4 is 14.8 Å². The summed E-state index contributed by atoms with van der Waals surface area (Å²) in [6, 6.07) is 3.43. The van der Waals surface area contributed by atoms with Crippen LogP contribution in [0.3, 0.4) is 0 Å². The van der Waals surface area contributed by atoms with Gasteiger partial charge in [-0.25, -0.2) is 0 Å². The summed E-state index contributed by atoms with van der Waals surface area (Å²) in [6.07, 6.45) is 0.0712. The largest absolute Gasteiger partial charge is 0.480 e. The lowest BCUT2D eigenvalue weighted by atomic mass is 10.2. The van der Waals surface area contributed by atoms with Crippen molar-refractivity contribution in [2.75, 3.05) is 13.1 Å². The number of ether oxygens (including phenoxy) is 2. The second kappa shape index (κ2) is 4.49. The number of nitrogens with one attached hydrogen (secondary N) is 1. The highest BCUT2D eigenvalue weighted by Crippen LogP contribution is 2.45. The predicted octanol–water partition coefficient (Wildman–Crippen LogP) is 2.53. The maximum Gasteiger partial charge on any atom is 0.182 e. The third-order valence-electron chi connectivity index (χ3n) is 2.66. The molecule has 1 aromatic carbocycles. The van der Waals surface area contributed by atoms with Crippen molar-refractivity contribution in [3.8, 4) is 11.5 Å². The van der Waals surface area contributed by atoms with Gasteiger partial charge in [0.05, 0.1) is 10.0 Å². The molecule has 16 heavy (non-hydrogen) atoms. The Kier molecular flexibility index (Phi) is 3.40. The second-order valence-corrected chi connectivity index (χ2v) is 4.47. The van der Waals surface area contributed by atoms with E-state index in [2.05, 4.69) is 5.32 Å². The Morgan fingerprint density at radius 3 is 1.88 bits per heavy atom. The first-order chi connectivity index (χ1) is 7.25. The molecule has 0 radical (unpaired) electrons. The molecule has 2 atom stereocenters. The van der Waals surface area contributed by atoms with E-state index in [4.69, 9.17) is 32.7 Å². The number of rotatable bonds is 0. The van der Waals surface area contributed by atoms with Gasteiger partial charge in [-0.2, -0.15) is 0 Å². The molecule has 0 bridgehead atoms. The van der Waals surface area contributed by atoms with Crippen LogP contribution in [-0.4, -0.2) is 25.3 Å². The summed E-state index contributed by atoms with van der Waals surface area (Å²) in [6.45, 7) is 1.57. The minimum atomic E-state index is 0. The maximum atomic E-state index is 6.02. The molecule has 2 heterocycles. The molecule has 3 rings (SSSR count). The smallest absolute Gasteiger partial charge is 0.182 e. The van der Waals surface area contributed by atoms with Crippen molar-refractivity contribution < 1.29 is 9.47 Å². The first-order valence-electron chi connectivity index (χ1n) is 4.78. The number of hydrogen-bond acceptors (Lipinski definition) is 3. The van der Waals surface area contributed by atoms with E-state index in [1.54, 1.807) is 12.1 Å². The molecule has 1 N–H and O–H groups in total. The van der Waals surface area contributed by atoms with E-state index in [-0.39, 0.29) is 24.6 Å². The fourth-order valence-corrected chi connectivity index (χ4v) is 2.29. The van der Waals surface area contributed by atoms with Crippen LogP contribution in [0.25, 0.3) is 0 Å². The summed E-state index contributed by atoms with van der Waals surface area (Å²) >= 11 is 12.0. The van der Waals surface area contributed by atoms with Crippen LogP contribution >= 0.6 is 35.6 Å². The molecule has 0 aromatic heterocycles. The van der Waals surface area contributed by atoms with Gasteiger partial charge in [-0.05, 0) is 12.1 Å². The van der Waals surface area contributed by atoms with E-state index in [9.17, 15) is 0 Å². The first kappa shape index (κ1) is 12.1. The zero-order valence-electron chi connectivity index (χ0n) is 8.20. The monoisotopic (exact) mass is 281 g/mol. The normalized spacial score (nSPS) is 25.9. The summed E-state index contributed by atoms with van der Waals surface area (Å²) < 4.78 is 11.5. The van der Waals surface area contributed by atoms with Crippen LogP contribution in [0.4, 0.5) is 0 Å². The summed E-state index contributed by atoms with van der Waals surface area (Å²) in [5.74, 6) is 1.13. The van der Waals surface area contributed by atoms with Crippen molar-refractivity contribution in [2.45, 2.75) is 12.2 Å². The lowest BCUT2D eigenvalue weighted by Gasteiger charge is -2.29. The Hall–Kier alpha value is -0.350. The van der Waals surface area contributed by atoms with Crippen LogP contribution in [0.1, 0.15) is 0 Å². The van der Waals surface area contributed by atoms with Gasteiger partial charge in [0.25, 0.3) is 0 Å².